The summed E-state index contributed by atoms with van der Waals surface area (Å²) in [4.78, 5) is 2.74. The van der Waals surface area contributed by atoms with Crippen LogP contribution in [0.2, 0.25) is 0 Å². The van der Waals surface area contributed by atoms with Crippen molar-refractivity contribution in [2.45, 2.75) is 64.6 Å². The van der Waals surface area contributed by atoms with Gasteiger partial charge in [-0.05, 0) is 37.6 Å². The van der Waals surface area contributed by atoms with Crippen LogP contribution in [0, 0.1) is 5.92 Å². The van der Waals surface area contributed by atoms with Crippen LogP contribution in [0.15, 0.2) is 5.11 Å². The van der Waals surface area contributed by atoms with Crippen molar-refractivity contribution in [1.82, 2.24) is 4.72 Å². The van der Waals surface area contributed by atoms with E-state index in [1.165, 1.54) is 0 Å². The van der Waals surface area contributed by atoms with E-state index >= 15 is 0 Å². The van der Waals surface area contributed by atoms with Crippen molar-refractivity contribution in [3.05, 3.63) is 10.4 Å². The number of ether oxygens (including phenoxy) is 2. The van der Waals surface area contributed by atoms with Gasteiger partial charge in [0.1, 0.15) is 0 Å². The molecule has 0 aromatic rings. The van der Waals surface area contributed by atoms with Gasteiger partial charge in [0.05, 0.1) is 24.8 Å². The third-order valence-electron chi connectivity index (χ3n) is 3.44. The molecular formula is C12H24N4O4S. The zero-order valence-electron chi connectivity index (χ0n) is 12.6. The van der Waals surface area contributed by atoms with Crippen LogP contribution in [0.5, 0.6) is 0 Å². The van der Waals surface area contributed by atoms with Gasteiger partial charge in [-0.25, -0.2) is 8.93 Å². The molecule has 0 spiro atoms. The van der Waals surface area contributed by atoms with Gasteiger partial charge in [0.2, 0.25) is 11.3 Å². The van der Waals surface area contributed by atoms with Crippen LogP contribution in [0.4, 0.5) is 0 Å². The van der Waals surface area contributed by atoms with Gasteiger partial charge in [0.15, 0.2) is 6.29 Å². The molecule has 8 nitrogen and oxygen atoms in total. The van der Waals surface area contributed by atoms with Crippen LogP contribution in [-0.2, 0) is 20.7 Å². The molecule has 9 heteroatoms. The molecular weight excluding hydrogens is 296 g/mol. The van der Waals surface area contributed by atoms with Crippen molar-refractivity contribution >= 4 is 11.3 Å². The van der Waals surface area contributed by atoms with Crippen molar-refractivity contribution in [1.29, 1.82) is 0 Å². The molecule has 0 aromatic heterocycles. The molecule has 1 aliphatic heterocycles. The van der Waals surface area contributed by atoms with Crippen LogP contribution >= 0.6 is 0 Å². The molecule has 21 heavy (non-hydrogen) atoms. The van der Waals surface area contributed by atoms with Gasteiger partial charge in [0.25, 0.3) is 0 Å². The maximum atomic E-state index is 11.0. The SMILES string of the molecule is CC1CCCC(OC(CN=[N+]=[N-])[C@@H](NS(=O)O)C(C)C)O1. The molecule has 1 heterocycles. The summed E-state index contributed by atoms with van der Waals surface area (Å²) in [5.74, 6) is 0.0287. The van der Waals surface area contributed by atoms with Gasteiger partial charge in [-0.2, -0.15) is 0 Å². The Morgan fingerprint density at radius 1 is 1.57 bits per heavy atom. The first kappa shape index (κ1) is 18.3. The molecule has 5 atom stereocenters. The Bertz CT molecular complexity index is 389. The Morgan fingerprint density at radius 2 is 2.29 bits per heavy atom. The van der Waals surface area contributed by atoms with E-state index in [0.29, 0.717) is 0 Å². The standard InChI is InChI=1S/C12H24N4O4S/c1-8(2)12(15-21(17)18)10(7-14-16-13)20-11-6-4-5-9(3)19-11/h8-12,15H,4-7H2,1-3H3,(H,17,18)/t9?,10?,11?,12-/m0/s1. The Morgan fingerprint density at radius 3 is 2.81 bits per heavy atom. The van der Waals surface area contributed by atoms with E-state index in [2.05, 4.69) is 14.7 Å². The molecule has 0 saturated carbocycles. The summed E-state index contributed by atoms with van der Waals surface area (Å²) in [7, 11) is 0. The summed E-state index contributed by atoms with van der Waals surface area (Å²) in [6.07, 6.45) is 2.00. The second kappa shape index (κ2) is 9.34. The zero-order chi connectivity index (χ0) is 15.8. The van der Waals surface area contributed by atoms with Gasteiger partial charge in [-0.3, -0.25) is 4.55 Å². The first-order valence-electron chi connectivity index (χ1n) is 7.12. The molecule has 4 unspecified atom stereocenters. The molecule has 0 aromatic carbocycles. The molecule has 1 fully saturated rings. The van der Waals surface area contributed by atoms with Gasteiger partial charge >= 0.3 is 0 Å². The van der Waals surface area contributed by atoms with E-state index in [1.54, 1.807) is 0 Å². The second-order valence-corrected chi connectivity index (χ2v) is 6.27. The van der Waals surface area contributed by atoms with E-state index in [0.717, 1.165) is 19.3 Å². The Hall–Kier alpha value is -0.700. The van der Waals surface area contributed by atoms with Crippen LogP contribution in [0.1, 0.15) is 40.0 Å². The van der Waals surface area contributed by atoms with Crippen LogP contribution in [0.25, 0.3) is 10.4 Å². The maximum Gasteiger partial charge on any atom is 0.232 e. The highest BCUT2D eigenvalue weighted by Gasteiger charge is 2.30. The summed E-state index contributed by atoms with van der Waals surface area (Å²) in [5.41, 5.74) is 8.51. The van der Waals surface area contributed by atoms with Crippen LogP contribution in [-0.4, -0.2) is 39.8 Å². The highest BCUT2D eigenvalue weighted by atomic mass is 32.2. The summed E-state index contributed by atoms with van der Waals surface area (Å²) in [6, 6.07) is -0.415. The topological polar surface area (TPSA) is 117 Å². The summed E-state index contributed by atoms with van der Waals surface area (Å²) in [6.45, 7) is 5.87. The Balaban J connectivity index is 2.75. The Labute approximate surface area is 127 Å². The molecule has 1 rings (SSSR count). The van der Waals surface area contributed by atoms with Crippen molar-refractivity contribution in [3.63, 3.8) is 0 Å². The van der Waals surface area contributed by atoms with E-state index in [1.807, 2.05) is 20.8 Å². The summed E-state index contributed by atoms with van der Waals surface area (Å²) < 4.78 is 34.3. The number of nitrogens with one attached hydrogen (secondary N) is 1. The lowest BCUT2D eigenvalue weighted by molar-refractivity contribution is -0.214. The first-order chi connectivity index (χ1) is 9.93. The average molecular weight is 320 g/mol. The first-order valence-corrected chi connectivity index (χ1v) is 8.23. The van der Waals surface area contributed by atoms with E-state index < -0.39 is 23.4 Å². The smallest absolute Gasteiger partial charge is 0.232 e. The number of hydrogen-bond acceptors (Lipinski definition) is 4. The highest BCUT2D eigenvalue weighted by molar-refractivity contribution is 7.77. The van der Waals surface area contributed by atoms with E-state index in [-0.39, 0.29) is 24.9 Å². The molecule has 0 aliphatic carbocycles. The fourth-order valence-corrected chi connectivity index (χ4v) is 3.03. The predicted octanol–water partition coefficient (Wildman–Crippen LogP) is 2.35. The lowest BCUT2D eigenvalue weighted by atomic mass is 9.99. The Kier molecular flexibility index (Phi) is 8.16. The van der Waals surface area contributed by atoms with Gasteiger partial charge in [-0.15, -0.1) is 0 Å². The zero-order valence-corrected chi connectivity index (χ0v) is 13.5. The van der Waals surface area contributed by atoms with Crippen molar-refractivity contribution in [2.75, 3.05) is 6.54 Å². The molecule has 0 radical (unpaired) electrons. The third kappa shape index (κ3) is 6.73. The molecule has 1 saturated heterocycles. The third-order valence-corrected chi connectivity index (χ3v) is 3.92. The maximum absolute atomic E-state index is 11.0. The fourth-order valence-electron chi connectivity index (χ4n) is 2.38. The van der Waals surface area contributed by atoms with Gasteiger partial charge in [-0.1, -0.05) is 19.0 Å². The molecule has 2 N–H and O–H groups in total. The monoisotopic (exact) mass is 320 g/mol. The normalized spacial score (nSPS) is 26.9. The number of rotatable bonds is 8. The molecule has 0 amide bonds. The van der Waals surface area contributed by atoms with Crippen LogP contribution in [0.3, 0.4) is 0 Å². The lowest BCUT2D eigenvalue weighted by Gasteiger charge is -2.35. The van der Waals surface area contributed by atoms with E-state index in [4.69, 9.17) is 19.6 Å². The van der Waals surface area contributed by atoms with Crippen molar-refractivity contribution in [3.8, 4) is 0 Å². The van der Waals surface area contributed by atoms with Gasteiger partial charge in [0, 0.05) is 4.91 Å². The van der Waals surface area contributed by atoms with Crippen LogP contribution < -0.4 is 4.72 Å². The molecule has 122 valence electrons. The van der Waals surface area contributed by atoms with Gasteiger partial charge < -0.3 is 9.47 Å². The second-order valence-electron chi connectivity index (χ2n) is 5.53. The summed E-state index contributed by atoms with van der Waals surface area (Å²) in [5, 5.41) is 3.55. The lowest BCUT2D eigenvalue weighted by Crippen LogP contribution is -2.49. The van der Waals surface area contributed by atoms with Crippen molar-refractivity contribution in [2.24, 2.45) is 11.0 Å². The average Bonchev–Trinajstić information content (AvgIpc) is 2.40. The quantitative estimate of drug-likeness (QED) is 0.309. The molecule has 1 aliphatic rings. The fraction of sp³-hybridized carbons (Fsp3) is 1.00. The largest absolute Gasteiger partial charge is 0.350 e. The minimum Gasteiger partial charge on any atom is -0.350 e. The number of nitrogens with zero attached hydrogens (tertiary/aromatic N) is 3. The number of azide groups is 1. The van der Waals surface area contributed by atoms with E-state index in [9.17, 15) is 4.21 Å². The van der Waals surface area contributed by atoms with Crippen molar-refractivity contribution < 1.29 is 18.2 Å². The minimum absolute atomic E-state index is 0.0287. The molecule has 0 bridgehead atoms. The minimum atomic E-state index is -2.16. The number of hydrogen-bond donors (Lipinski definition) is 2. The summed E-state index contributed by atoms with van der Waals surface area (Å²) >= 11 is -2.16. The predicted molar refractivity (Wildman–Crippen MR) is 79.6 cm³/mol. The highest BCUT2D eigenvalue weighted by Crippen LogP contribution is 2.23.